The van der Waals surface area contributed by atoms with E-state index in [0.29, 0.717) is 42.3 Å². The van der Waals surface area contributed by atoms with E-state index >= 15 is 0 Å². The fraction of sp³-hybridized carbons (Fsp3) is 0.321. The molecule has 0 N–H and O–H groups in total. The molecule has 0 spiro atoms. The highest BCUT2D eigenvalue weighted by Crippen LogP contribution is 2.45. The van der Waals surface area contributed by atoms with Crippen molar-refractivity contribution in [3.63, 3.8) is 0 Å². The van der Waals surface area contributed by atoms with Crippen molar-refractivity contribution in [3.8, 4) is 23.0 Å². The van der Waals surface area contributed by atoms with Gasteiger partial charge in [-0.05, 0) is 56.0 Å². The molecule has 5 rings (SSSR count). The lowest BCUT2D eigenvalue weighted by Gasteiger charge is -2.18. The van der Waals surface area contributed by atoms with Crippen LogP contribution in [-0.4, -0.2) is 19.7 Å². The van der Waals surface area contributed by atoms with Crippen molar-refractivity contribution in [2.24, 2.45) is 0 Å². The number of hydrogen-bond acceptors (Lipinski definition) is 5. The number of para-hydroxylation sites is 1. The Morgan fingerprint density at radius 1 is 1.12 bits per heavy atom. The molecule has 34 heavy (non-hydrogen) atoms. The average Bonchev–Trinajstić information content (AvgIpc) is 3.42. The van der Waals surface area contributed by atoms with Gasteiger partial charge < -0.3 is 18.9 Å². The van der Waals surface area contributed by atoms with Crippen LogP contribution >= 0.6 is 0 Å². The molecule has 3 aromatic rings. The van der Waals surface area contributed by atoms with Gasteiger partial charge in [-0.25, -0.2) is 4.39 Å². The Hall–Kier alpha value is -3.54. The van der Waals surface area contributed by atoms with Crippen molar-refractivity contribution in [1.82, 2.24) is 0 Å². The zero-order chi connectivity index (χ0) is 23.8. The van der Waals surface area contributed by atoms with Crippen molar-refractivity contribution >= 4 is 5.97 Å². The summed E-state index contributed by atoms with van der Waals surface area (Å²) in [7, 11) is 1.38. The zero-order valence-electron chi connectivity index (χ0n) is 19.5. The minimum absolute atomic E-state index is 0.0363. The van der Waals surface area contributed by atoms with E-state index in [-0.39, 0.29) is 24.1 Å². The van der Waals surface area contributed by atoms with E-state index in [1.807, 2.05) is 50.2 Å². The van der Waals surface area contributed by atoms with Gasteiger partial charge in [0.25, 0.3) is 0 Å². The van der Waals surface area contributed by atoms with Crippen LogP contribution in [0, 0.1) is 19.7 Å². The molecule has 3 aromatic carbocycles. The van der Waals surface area contributed by atoms with Gasteiger partial charge in [0, 0.05) is 28.7 Å². The maximum atomic E-state index is 14.9. The average molecular weight is 463 g/mol. The third-order valence-corrected chi connectivity index (χ3v) is 6.64. The van der Waals surface area contributed by atoms with Gasteiger partial charge in [0.1, 0.15) is 34.9 Å². The zero-order valence-corrected chi connectivity index (χ0v) is 19.5. The van der Waals surface area contributed by atoms with Crippen LogP contribution in [0.1, 0.15) is 52.7 Å². The van der Waals surface area contributed by atoms with Gasteiger partial charge in [0.05, 0.1) is 20.1 Å². The molecular weight excluding hydrogens is 435 g/mol. The largest absolute Gasteiger partial charge is 0.492 e. The van der Waals surface area contributed by atoms with E-state index in [2.05, 4.69) is 0 Å². The summed E-state index contributed by atoms with van der Waals surface area (Å²) in [6, 6.07) is 14.7. The summed E-state index contributed by atoms with van der Waals surface area (Å²) in [4.78, 5) is 11.7. The normalized spacial score (nSPS) is 18.1. The molecule has 0 amide bonds. The standard InChI is InChI=1S/C28H27FO5/c1-16-5-4-6-17(2)28(16)34-23-12-10-22(29)27-21(23)9-11-24(27)33-19-7-8-20-18(13-26(30)31-3)15-32-25(20)14-19/h4-8,10,12,14,18,24H,9,11,13,15H2,1-3H3. The monoisotopic (exact) mass is 462 g/mol. The molecule has 0 saturated heterocycles. The first-order chi connectivity index (χ1) is 16.4. The molecule has 0 saturated carbocycles. The van der Waals surface area contributed by atoms with E-state index < -0.39 is 6.10 Å². The number of rotatable bonds is 6. The van der Waals surface area contributed by atoms with Crippen LogP contribution in [0.15, 0.2) is 48.5 Å². The molecule has 5 nitrogen and oxygen atoms in total. The number of aryl methyl sites for hydroxylation is 2. The van der Waals surface area contributed by atoms with Crippen LogP contribution in [0.2, 0.25) is 0 Å². The van der Waals surface area contributed by atoms with Crippen LogP contribution in [0.25, 0.3) is 0 Å². The van der Waals surface area contributed by atoms with Gasteiger partial charge >= 0.3 is 5.97 Å². The Kier molecular flexibility index (Phi) is 5.90. The van der Waals surface area contributed by atoms with Gasteiger partial charge in [0.2, 0.25) is 0 Å². The smallest absolute Gasteiger partial charge is 0.306 e. The number of fused-ring (bicyclic) bond motifs is 2. The van der Waals surface area contributed by atoms with E-state index in [0.717, 1.165) is 28.0 Å². The fourth-order valence-corrected chi connectivity index (χ4v) is 4.87. The molecule has 1 aliphatic carbocycles. The van der Waals surface area contributed by atoms with Crippen LogP contribution in [0.3, 0.4) is 0 Å². The Balaban J connectivity index is 1.38. The predicted octanol–water partition coefficient (Wildman–Crippen LogP) is 6.34. The molecule has 6 heteroatoms. The Morgan fingerprint density at radius 2 is 1.91 bits per heavy atom. The van der Waals surface area contributed by atoms with E-state index in [1.54, 1.807) is 6.07 Å². The Labute approximate surface area is 198 Å². The van der Waals surface area contributed by atoms with Crippen LogP contribution in [-0.2, 0) is 16.0 Å². The molecule has 2 unspecified atom stereocenters. The minimum atomic E-state index is -0.415. The molecule has 1 aliphatic heterocycles. The second-order valence-corrected chi connectivity index (χ2v) is 8.89. The summed E-state index contributed by atoms with van der Waals surface area (Å²) in [6.45, 7) is 4.43. The maximum Gasteiger partial charge on any atom is 0.306 e. The number of halogens is 1. The van der Waals surface area contributed by atoms with E-state index in [1.165, 1.54) is 13.2 Å². The van der Waals surface area contributed by atoms with E-state index in [9.17, 15) is 9.18 Å². The molecule has 0 radical (unpaired) electrons. The number of methoxy groups -OCH3 is 1. The lowest BCUT2D eigenvalue weighted by molar-refractivity contribution is -0.141. The summed E-state index contributed by atoms with van der Waals surface area (Å²) in [5.41, 5.74) is 4.43. The predicted molar refractivity (Wildman–Crippen MR) is 125 cm³/mol. The quantitative estimate of drug-likeness (QED) is 0.400. The molecular formula is C28H27FO5. The van der Waals surface area contributed by atoms with Gasteiger partial charge in [-0.2, -0.15) is 0 Å². The highest BCUT2D eigenvalue weighted by Gasteiger charge is 2.32. The summed E-state index contributed by atoms with van der Waals surface area (Å²) < 4.78 is 38.0. The minimum Gasteiger partial charge on any atom is -0.492 e. The van der Waals surface area contributed by atoms with Crippen molar-refractivity contribution in [2.45, 2.75) is 45.1 Å². The van der Waals surface area contributed by atoms with Crippen molar-refractivity contribution < 1.29 is 28.1 Å². The summed E-state index contributed by atoms with van der Waals surface area (Å²) in [6.07, 6.45) is 1.18. The topological polar surface area (TPSA) is 54.0 Å². The van der Waals surface area contributed by atoms with Crippen LogP contribution in [0.5, 0.6) is 23.0 Å². The van der Waals surface area contributed by atoms with Gasteiger partial charge in [-0.15, -0.1) is 0 Å². The number of esters is 1. The first-order valence-corrected chi connectivity index (χ1v) is 11.5. The molecule has 0 aromatic heterocycles. The summed E-state index contributed by atoms with van der Waals surface area (Å²) in [5, 5.41) is 0. The first-order valence-electron chi connectivity index (χ1n) is 11.5. The van der Waals surface area contributed by atoms with Crippen LogP contribution in [0.4, 0.5) is 4.39 Å². The number of hydrogen-bond donors (Lipinski definition) is 0. The maximum absolute atomic E-state index is 14.9. The molecule has 1 heterocycles. The SMILES string of the molecule is COC(=O)CC1COc2cc(OC3CCc4c(Oc5c(C)cccc5C)ccc(F)c43)ccc21. The summed E-state index contributed by atoms with van der Waals surface area (Å²) >= 11 is 0. The molecule has 2 atom stereocenters. The Bertz CT molecular complexity index is 1230. The molecule has 0 bridgehead atoms. The van der Waals surface area contributed by atoms with Crippen molar-refractivity contribution in [3.05, 3.63) is 82.2 Å². The molecule has 2 aliphatic rings. The molecule has 0 fully saturated rings. The van der Waals surface area contributed by atoms with E-state index in [4.69, 9.17) is 18.9 Å². The van der Waals surface area contributed by atoms with Crippen molar-refractivity contribution in [2.75, 3.05) is 13.7 Å². The van der Waals surface area contributed by atoms with Gasteiger partial charge in [0.15, 0.2) is 0 Å². The third kappa shape index (κ3) is 4.09. The number of ether oxygens (including phenoxy) is 4. The lowest BCUT2D eigenvalue weighted by Crippen LogP contribution is -2.09. The number of benzene rings is 3. The van der Waals surface area contributed by atoms with Gasteiger partial charge in [-0.3, -0.25) is 4.79 Å². The highest BCUT2D eigenvalue weighted by atomic mass is 19.1. The number of carbonyl (C=O) groups is 1. The van der Waals surface area contributed by atoms with Crippen LogP contribution < -0.4 is 14.2 Å². The summed E-state index contributed by atoms with van der Waals surface area (Å²) in [5.74, 6) is 2.18. The second-order valence-electron chi connectivity index (χ2n) is 8.89. The fourth-order valence-electron chi connectivity index (χ4n) is 4.87. The highest BCUT2D eigenvalue weighted by molar-refractivity contribution is 5.71. The third-order valence-electron chi connectivity index (χ3n) is 6.64. The lowest BCUT2D eigenvalue weighted by atomic mass is 9.98. The second kappa shape index (κ2) is 9.01. The van der Waals surface area contributed by atoms with Gasteiger partial charge in [-0.1, -0.05) is 24.3 Å². The first kappa shape index (κ1) is 22.3. The molecule has 176 valence electrons. The van der Waals surface area contributed by atoms with Crippen molar-refractivity contribution in [1.29, 1.82) is 0 Å². The Morgan fingerprint density at radius 3 is 2.68 bits per heavy atom. The number of carbonyl (C=O) groups excluding carboxylic acids is 1.